The van der Waals surface area contributed by atoms with Crippen molar-refractivity contribution in [3.63, 3.8) is 0 Å². The molecular weight excluding hydrogens is 259 g/mol. The molecule has 2 N–H and O–H groups in total. The number of hydrogen-bond acceptors (Lipinski definition) is 3. The molecule has 4 nitrogen and oxygen atoms in total. The highest BCUT2D eigenvalue weighted by Gasteiger charge is 2.34. The molecule has 0 aliphatic carbocycles. The van der Waals surface area contributed by atoms with Crippen LogP contribution in [0, 0.1) is 0 Å². The minimum absolute atomic E-state index is 0.161. The first kappa shape index (κ1) is 11.9. The topological polar surface area (TPSA) is 49.9 Å². The lowest BCUT2D eigenvalue weighted by Crippen LogP contribution is -2.24. The Morgan fingerprint density at radius 1 is 1.26 bits per heavy atom. The molecule has 1 atom stereocenters. The zero-order chi connectivity index (χ0) is 13.5. The zero-order valence-electron chi connectivity index (χ0n) is 9.66. The number of rotatable bonds is 1. The molecule has 0 saturated heterocycles. The summed E-state index contributed by atoms with van der Waals surface area (Å²) >= 11 is 0. The predicted octanol–water partition coefficient (Wildman–Crippen LogP) is 2.97. The molecule has 0 fully saturated rings. The maximum absolute atomic E-state index is 12.5. The van der Waals surface area contributed by atoms with Gasteiger partial charge >= 0.3 is 6.18 Å². The molecule has 0 saturated carbocycles. The summed E-state index contributed by atoms with van der Waals surface area (Å²) in [4.78, 5) is 5.99. The number of halogens is 3. The molecule has 1 aliphatic heterocycles. The number of alkyl halides is 3. The second-order valence-corrected chi connectivity index (χ2v) is 4.16. The summed E-state index contributed by atoms with van der Waals surface area (Å²) < 4.78 is 43.1. The Hall–Kier alpha value is -2.18. The van der Waals surface area contributed by atoms with Gasteiger partial charge in [0.2, 0.25) is 0 Å². The molecule has 3 rings (SSSR count). The molecule has 1 aromatic carbocycles. The third-order valence-corrected chi connectivity index (χ3v) is 2.84. The number of imidazole rings is 1. The van der Waals surface area contributed by atoms with Gasteiger partial charge in [0.15, 0.2) is 6.10 Å². The molecule has 0 amide bonds. The Kier molecular flexibility index (Phi) is 2.62. The number of H-pyrrole nitrogens is 1. The summed E-state index contributed by atoms with van der Waals surface area (Å²) in [5.41, 5.74) is -0.0497. The van der Waals surface area contributed by atoms with Crippen LogP contribution in [0.4, 0.5) is 18.9 Å². The average molecular weight is 269 g/mol. The summed E-state index contributed by atoms with van der Waals surface area (Å²) in [5, 5.41) is 3.09. The number of aromatic amines is 1. The van der Waals surface area contributed by atoms with Gasteiger partial charge < -0.3 is 15.0 Å². The number of aromatic nitrogens is 2. The highest BCUT2D eigenvalue weighted by atomic mass is 19.4. The van der Waals surface area contributed by atoms with Gasteiger partial charge in [0, 0.05) is 0 Å². The SMILES string of the molecule is FC(F)(F)c1cnc(C2CNc3ccccc3O2)[nH]1. The Morgan fingerprint density at radius 2 is 2.05 bits per heavy atom. The Bertz CT molecular complexity index is 594. The summed E-state index contributed by atoms with van der Waals surface area (Å²) in [6, 6.07) is 7.24. The van der Waals surface area contributed by atoms with Crippen molar-refractivity contribution < 1.29 is 17.9 Å². The van der Waals surface area contributed by atoms with Crippen molar-refractivity contribution in [2.24, 2.45) is 0 Å². The van der Waals surface area contributed by atoms with E-state index in [2.05, 4.69) is 15.3 Å². The van der Waals surface area contributed by atoms with Crippen molar-refractivity contribution in [1.29, 1.82) is 0 Å². The van der Waals surface area contributed by atoms with Crippen molar-refractivity contribution in [3.05, 3.63) is 42.0 Å². The van der Waals surface area contributed by atoms with E-state index in [1.807, 2.05) is 12.1 Å². The minimum Gasteiger partial charge on any atom is -0.478 e. The molecule has 2 aromatic rings. The van der Waals surface area contributed by atoms with E-state index in [-0.39, 0.29) is 5.82 Å². The van der Waals surface area contributed by atoms with Gasteiger partial charge in [-0.3, -0.25) is 0 Å². The van der Waals surface area contributed by atoms with Crippen LogP contribution in [-0.2, 0) is 6.18 Å². The number of ether oxygens (including phenoxy) is 1. The smallest absolute Gasteiger partial charge is 0.432 e. The molecule has 0 spiro atoms. The lowest BCUT2D eigenvalue weighted by molar-refractivity contribution is -0.141. The first-order valence-electron chi connectivity index (χ1n) is 5.66. The quantitative estimate of drug-likeness (QED) is 0.836. The van der Waals surface area contributed by atoms with Gasteiger partial charge in [0.25, 0.3) is 0 Å². The van der Waals surface area contributed by atoms with Gasteiger partial charge in [0.1, 0.15) is 17.3 Å². The fourth-order valence-corrected chi connectivity index (χ4v) is 1.91. The van der Waals surface area contributed by atoms with Crippen LogP contribution in [0.15, 0.2) is 30.5 Å². The standard InChI is InChI=1S/C12H10F3N3O/c13-12(14,15)10-6-17-11(18-10)9-5-16-7-3-1-2-4-8(7)19-9/h1-4,6,9,16H,5H2,(H,17,18). The van der Waals surface area contributed by atoms with Crippen LogP contribution in [0.1, 0.15) is 17.6 Å². The summed E-state index contributed by atoms with van der Waals surface area (Å²) in [6.45, 7) is 0.363. The molecule has 0 bridgehead atoms. The normalized spacial score (nSPS) is 18.4. The fraction of sp³-hybridized carbons (Fsp3) is 0.250. The van der Waals surface area contributed by atoms with E-state index in [0.717, 1.165) is 11.9 Å². The van der Waals surface area contributed by atoms with E-state index < -0.39 is 18.0 Å². The van der Waals surface area contributed by atoms with Crippen LogP contribution in [0.2, 0.25) is 0 Å². The average Bonchev–Trinajstić information content (AvgIpc) is 2.87. The predicted molar refractivity (Wildman–Crippen MR) is 61.9 cm³/mol. The summed E-state index contributed by atoms with van der Waals surface area (Å²) in [6.07, 6.45) is -4.21. The first-order chi connectivity index (χ1) is 9.04. The fourth-order valence-electron chi connectivity index (χ4n) is 1.91. The molecule has 1 unspecified atom stereocenters. The molecule has 2 heterocycles. The highest BCUT2D eigenvalue weighted by Crippen LogP contribution is 2.34. The van der Waals surface area contributed by atoms with Crippen molar-refractivity contribution in [1.82, 2.24) is 9.97 Å². The van der Waals surface area contributed by atoms with Gasteiger partial charge in [0.05, 0.1) is 18.4 Å². The molecule has 100 valence electrons. The van der Waals surface area contributed by atoms with Crippen LogP contribution >= 0.6 is 0 Å². The molecule has 1 aliphatic rings. The summed E-state index contributed by atoms with van der Waals surface area (Å²) in [5.74, 6) is 0.762. The number of benzene rings is 1. The van der Waals surface area contributed by atoms with Crippen molar-refractivity contribution in [2.45, 2.75) is 12.3 Å². The van der Waals surface area contributed by atoms with E-state index in [4.69, 9.17) is 4.74 Å². The first-order valence-corrected chi connectivity index (χ1v) is 5.66. The van der Waals surface area contributed by atoms with E-state index in [9.17, 15) is 13.2 Å². The molecule has 0 radical (unpaired) electrons. The molecular formula is C12H10F3N3O. The van der Waals surface area contributed by atoms with Crippen LogP contribution in [0.3, 0.4) is 0 Å². The van der Waals surface area contributed by atoms with Gasteiger partial charge in [-0.25, -0.2) is 4.98 Å². The van der Waals surface area contributed by atoms with Crippen LogP contribution in [0.5, 0.6) is 5.75 Å². The van der Waals surface area contributed by atoms with Gasteiger partial charge in [-0.2, -0.15) is 13.2 Å². The van der Waals surface area contributed by atoms with Crippen LogP contribution in [-0.4, -0.2) is 16.5 Å². The number of anilines is 1. The van der Waals surface area contributed by atoms with Crippen molar-refractivity contribution in [2.75, 3.05) is 11.9 Å². The van der Waals surface area contributed by atoms with Crippen molar-refractivity contribution >= 4 is 5.69 Å². The zero-order valence-corrected chi connectivity index (χ0v) is 9.66. The number of nitrogens with one attached hydrogen (secondary N) is 2. The van der Waals surface area contributed by atoms with Crippen LogP contribution in [0.25, 0.3) is 0 Å². The molecule has 19 heavy (non-hydrogen) atoms. The third kappa shape index (κ3) is 2.23. The highest BCUT2D eigenvalue weighted by molar-refractivity contribution is 5.57. The number of para-hydroxylation sites is 2. The maximum Gasteiger partial charge on any atom is 0.432 e. The lowest BCUT2D eigenvalue weighted by atomic mass is 10.2. The van der Waals surface area contributed by atoms with Crippen LogP contribution < -0.4 is 10.1 Å². The third-order valence-electron chi connectivity index (χ3n) is 2.84. The number of nitrogens with zero attached hydrogens (tertiary/aromatic N) is 1. The van der Waals surface area contributed by atoms with E-state index in [1.165, 1.54) is 0 Å². The lowest BCUT2D eigenvalue weighted by Gasteiger charge is -2.25. The second-order valence-electron chi connectivity index (χ2n) is 4.16. The monoisotopic (exact) mass is 269 g/mol. The number of fused-ring (bicyclic) bond motifs is 1. The Morgan fingerprint density at radius 3 is 2.79 bits per heavy atom. The van der Waals surface area contributed by atoms with Crippen molar-refractivity contribution in [3.8, 4) is 5.75 Å². The minimum atomic E-state index is -4.43. The van der Waals surface area contributed by atoms with E-state index >= 15 is 0 Å². The van der Waals surface area contributed by atoms with E-state index in [0.29, 0.717) is 12.3 Å². The number of hydrogen-bond donors (Lipinski definition) is 2. The molecule has 7 heteroatoms. The summed E-state index contributed by atoms with van der Waals surface area (Å²) in [7, 11) is 0. The second kappa shape index (κ2) is 4.18. The van der Waals surface area contributed by atoms with Gasteiger partial charge in [-0.05, 0) is 12.1 Å². The van der Waals surface area contributed by atoms with Gasteiger partial charge in [-0.1, -0.05) is 12.1 Å². The molecule has 1 aromatic heterocycles. The Labute approximate surface area is 106 Å². The maximum atomic E-state index is 12.5. The van der Waals surface area contributed by atoms with Gasteiger partial charge in [-0.15, -0.1) is 0 Å². The Balaban J connectivity index is 1.83. The largest absolute Gasteiger partial charge is 0.478 e. The van der Waals surface area contributed by atoms with E-state index in [1.54, 1.807) is 12.1 Å².